The van der Waals surface area contributed by atoms with Gasteiger partial charge >= 0.3 is 0 Å². The predicted octanol–water partition coefficient (Wildman–Crippen LogP) is 4.63. The van der Waals surface area contributed by atoms with Crippen molar-refractivity contribution in [3.63, 3.8) is 0 Å². The Kier molecular flexibility index (Phi) is 4.34. The molecule has 118 valence electrons. The molecule has 1 aliphatic rings. The molecule has 2 aromatic heterocycles. The number of thiazole rings is 1. The fourth-order valence-electron chi connectivity index (χ4n) is 3.48. The van der Waals surface area contributed by atoms with E-state index in [1.54, 1.807) is 0 Å². The molecule has 0 bridgehead atoms. The van der Waals surface area contributed by atoms with E-state index in [4.69, 9.17) is 0 Å². The van der Waals surface area contributed by atoms with Gasteiger partial charge in [-0.15, -0.1) is 11.3 Å². The topological polar surface area (TPSA) is 46.9 Å². The van der Waals surface area contributed by atoms with Gasteiger partial charge in [-0.1, -0.05) is 19.3 Å². The molecule has 0 aromatic carbocycles. The summed E-state index contributed by atoms with van der Waals surface area (Å²) in [6.45, 7) is 6.09. The number of hydrogen-bond acceptors (Lipinski definition) is 3. The maximum Gasteiger partial charge on any atom is 0.259 e. The van der Waals surface area contributed by atoms with Crippen molar-refractivity contribution in [2.45, 2.75) is 58.9 Å². The van der Waals surface area contributed by atoms with E-state index >= 15 is 0 Å². The van der Waals surface area contributed by atoms with E-state index in [1.807, 2.05) is 18.4 Å². The fraction of sp³-hybridized carbons (Fsp3) is 0.529. The summed E-state index contributed by atoms with van der Waals surface area (Å²) in [4.78, 5) is 16.8. The third-order valence-electron chi connectivity index (χ3n) is 4.51. The normalized spacial score (nSPS) is 16.0. The van der Waals surface area contributed by atoms with Gasteiger partial charge in [-0.25, -0.2) is 4.98 Å². The highest BCUT2D eigenvalue weighted by Gasteiger charge is 2.22. The molecule has 1 N–H and O–H groups in total. The van der Waals surface area contributed by atoms with Crippen molar-refractivity contribution in [3.8, 4) is 0 Å². The van der Waals surface area contributed by atoms with E-state index in [1.165, 1.54) is 49.1 Å². The highest BCUT2D eigenvalue weighted by molar-refractivity contribution is 7.13. The lowest BCUT2D eigenvalue weighted by Gasteiger charge is -2.26. The molecular formula is C17H23N3OS. The van der Waals surface area contributed by atoms with Crippen LogP contribution in [0.15, 0.2) is 11.4 Å². The zero-order valence-corrected chi connectivity index (χ0v) is 14.3. The molecule has 0 aliphatic heterocycles. The van der Waals surface area contributed by atoms with Crippen molar-refractivity contribution in [2.24, 2.45) is 0 Å². The number of amides is 1. The number of carbonyl (C=O) groups excluding carboxylic acids is 1. The Balaban J connectivity index is 1.83. The Labute approximate surface area is 135 Å². The second-order valence-corrected chi connectivity index (χ2v) is 7.05. The summed E-state index contributed by atoms with van der Waals surface area (Å²) in [7, 11) is 0. The minimum atomic E-state index is -0.0514. The number of anilines is 1. The first-order valence-corrected chi connectivity index (χ1v) is 8.86. The number of nitrogens with zero attached hydrogens (tertiary/aromatic N) is 2. The van der Waals surface area contributed by atoms with Crippen LogP contribution in [-0.2, 0) is 0 Å². The van der Waals surface area contributed by atoms with E-state index in [-0.39, 0.29) is 5.91 Å². The monoisotopic (exact) mass is 317 g/mol. The van der Waals surface area contributed by atoms with Gasteiger partial charge in [0.2, 0.25) is 0 Å². The Hall–Kier alpha value is -1.62. The minimum Gasteiger partial charge on any atom is -0.345 e. The molecule has 1 fully saturated rings. The standard InChI is InChI=1S/C17H23N3OS/c1-11-10-22-17(18-11)19-16(21)15-9-12(2)20(13(15)3)14-7-5-4-6-8-14/h9-10,14H,4-8H2,1-3H3,(H,18,19,21). The van der Waals surface area contributed by atoms with Crippen molar-refractivity contribution in [2.75, 3.05) is 5.32 Å². The van der Waals surface area contributed by atoms with E-state index in [0.717, 1.165) is 17.0 Å². The third-order valence-corrected chi connectivity index (χ3v) is 5.38. The zero-order chi connectivity index (χ0) is 15.7. The summed E-state index contributed by atoms with van der Waals surface area (Å²) < 4.78 is 2.36. The van der Waals surface area contributed by atoms with Crippen molar-refractivity contribution < 1.29 is 4.79 Å². The summed E-state index contributed by atoms with van der Waals surface area (Å²) in [5.74, 6) is -0.0514. The van der Waals surface area contributed by atoms with Crippen LogP contribution < -0.4 is 5.32 Å². The van der Waals surface area contributed by atoms with Gasteiger partial charge in [0, 0.05) is 22.8 Å². The third kappa shape index (κ3) is 2.95. The fourth-order valence-corrected chi connectivity index (χ4v) is 4.17. The molecule has 5 heteroatoms. The molecule has 22 heavy (non-hydrogen) atoms. The average Bonchev–Trinajstić information content (AvgIpc) is 3.03. The molecular weight excluding hydrogens is 294 g/mol. The van der Waals surface area contributed by atoms with Gasteiger partial charge in [-0.3, -0.25) is 10.1 Å². The Bertz CT molecular complexity index is 680. The largest absolute Gasteiger partial charge is 0.345 e. The second-order valence-electron chi connectivity index (χ2n) is 6.19. The van der Waals surface area contributed by atoms with Crippen LogP contribution >= 0.6 is 11.3 Å². The lowest BCUT2D eigenvalue weighted by atomic mass is 9.95. The van der Waals surface area contributed by atoms with Gasteiger partial charge in [0.1, 0.15) is 0 Å². The lowest BCUT2D eigenvalue weighted by Crippen LogP contribution is -2.17. The maximum absolute atomic E-state index is 12.5. The van der Waals surface area contributed by atoms with E-state index in [9.17, 15) is 4.79 Å². The van der Waals surface area contributed by atoms with Gasteiger partial charge in [0.25, 0.3) is 5.91 Å². The first-order valence-electron chi connectivity index (χ1n) is 7.98. The number of carbonyl (C=O) groups is 1. The summed E-state index contributed by atoms with van der Waals surface area (Å²) in [6, 6.07) is 2.57. The van der Waals surface area contributed by atoms with Crippen LogP contribution in [0.1, 0.15) is 65.6 Å². The highest BCUT2D eigenvalue weighted by atomic mass is 32.1. The molecule has 0 spiro atoms. The van der Waals surface area contributed by atoms with Crippen LogP contribution in [0.2, 0.25) is 0 Å². The molecule has 1 aliphatic carbocycles. The minimum absolute atomic E-state index is 0.0514. The quantitative estimate of drug-likeness (QED) is 0.897. The molecule has 1 amide bonds. The second kappa shape index (κ2) is 6.24. The number of rotatable bonds is 3. The van der Waals surface area contributed by atoms with Crippen LogP contribution in [-0.4, -0.2) is 15.5 Å². The van der Waals surface area contributed by atoms with E-state index < -0.39 is 0 Å². The van der Waals surface area contributed by atoms with Crippen LogP contribution in [0.25, 0.3) is 0 Å². The van der Waals surface area contributed by atoms with Gasteiger partial charge in [-0.2, -0.15) is 0 Å². The van der Waals surface area contributed by atoms with Crippen LogP contribution in [0.4, 0.5) is 5.13 Å². The first-order chi connectivity index (χ1) is 10.6. The van der Waals surface area contributed by atoms with Gasteiger partial charge < -0.3 is 4.57 Å². The molecule has 0 saturated heterocycles. The Morgan fingerprint density at radius 2 is 2.00 bits per heavy atom. The lowest BCUT2D eigenvalue weighted by molar-refractivity contribution is 0.102. The van der Waals surface area contributed by atoms with Crippen LogP contribution in [0, 0.1) is 20.8 Å². The predicted molar refractivity (Wildman–Crippen MR) is 90.8 cm³/mol. The van der Waals surface area contributed by atoms with Crippen LogP contribution in [0.3, 0.4) is 0 Å². The maximum atomic E-state index is 12.5. The molecule has 3 rings (SSSR count). The summed E-state index contributed by atoms with van der Waals surface area (Å²) in [5, 5.41) is 5.54. The molecule has 1 saturated carbocycles. The summed E-state index contributed by atoms with van der Waals surface area (Å²) >= 11 is 1.47. The number of hydrogen-bond donors (Lipinski definition) is 1. The van der Waals surface area contributed by atoms with E-state index in [0.29, 0.717) is 11.2 Å². The smallest absolute Gasteiger partial charge is 0.259 e. The molecule has 4 nitrogen and oxygen atoms in total. The van der Waals surface area contributed by atoms with Gasteiger partial charge in [0.15, 0.2) is 5.13 Å². The first kappa shape index (κ1) is 15.3. The van der Waals surface area contributed by atoms with Gasteiger partial charge in [0.05, 0.1) is 11.3 Å². The zero-order valence-electron chi connectivity index (χ0n) is 13.5. The number of nitrogens with one attached hydrogen (secondary N) is 1. The van der Waals surface area contributed by atoms with Crippen molar-refractivity contribution in [1.82, 2.24) is 9.55 Å². The molecule has 0 radical (unpaired) electrons. The molecule has 2 aromatic rings. The van der Waals surface area contributed by atoms with Crippen molar-refractivity contribution >= 4 is 22.4 Å². The molecule has 0 unspecified atom stereocenters. The average molecular weight is 317 g/mol. The van der Waals surface area contributed by atoms with Crippen LogP contribution in [0.5, 0.6) is 0 Å². The summed E-state index contributed by atoms with van der Waals surface area (Å²) in [6.07, 6.45) is 6.38. The van der Waals surface area contributed by atoms with Gasteiger partial charge in [-0.05, 0) is 39.7 Å². The number of aryl methyl sites for hydroxylation is 2. The highest BCUT2D eigenvalue weighted by Crippen LogP contribution is 2.32. The Morgan fingerprint density at radius 1 is 1.27 bits per heavy atom. The van der Waals surface area contributed by atoms with E-state index in [2.05, 4.69) is 28.7 Å². The summed E-state index contributed by atoms with van der Waals surface area (Å²) in [5.41, 5.74) is 3.98. The number of aromatic nitrogens is 2. The van der Waals surface area contributed by atoms with Crippen molar-refractivity contribution in [1.29, 1.82) is 0 Å². The SMILES string of the molecule is Cc1csc(NC(=O)c2cc(C)n(C3CCCCC3)c2C)n1. The van der Waals surface area contributed by atoms with Crippen molar-refractivity contribution in [3.05, 3.63) is 34.1 Å². The molecule has 0 atom stereocenters. The Morgan fingerprint density at radius 3 is 2.64 bits per heavy atom. The molecule has 2 heterocycles.